The summed E-state index contributed by atoms with van der Waals surface area (Å²) in [5.74, 6) is 5.61. The zero-order valence-corrected chi connectivity index (χ0v) is 58.0. The number of amides is 3. The molecule has 3 atom stereocenters. The fourth-order valence-electron chi connectivity index (χ4n) is 12.8. The van der Waals surface area contributed by atoms with E-state index in [0.717, 1.165) is 77.0 Å². The quantitative estimate of drug-likeness (QED) is 0.0633. The summed E-state index contributed by atoms with van der Waals surface area (Å²) in [5.41, 5.74) is 25.6. The molecule has 552 valence electrons. The smallest absolute Gasteiger partial charge is 0.246 e. The third-order valence-corrected chi connectivity index (χ3v) is 17.9. The average Bonchev–Trinajstić information content (AvgIpc) is 1.63. The summed E-state index contributed by atoms with van der Waals surface area (Å²) >= 11 is 0. The predicted octanol–water partition coefficient (Wildman–Crippen LogP) is 13.7. The van der Waals surface area contributed by atoms with Crippen molar-refractivity contribution in [2.45, 2.75) is 66.6 Å². The van der Waals surface area contributed by atoms with Crippen molar-refractivity contribution in [2.75, 3.05) is 90.8 Å². The summed E-state index contributed by atoms with van der Waals surface area (Å²) in [7, 11) is 5.54. The molecule has 3 aliphatic heterocycles. The number of benzene rings is 6. The Hall–Kier alpha value is -12.7. The third kappa shape index (κ3) is 17.9. The van der Waals surface area contributed by atoms with Gasteiger partial charge < -0.3 is 55.7 Å². The van der Waals surface area contributed by atoms with Crippen LogP contribution in [0.1, 0.15) is 66.6 Å². The Morgan fingerprint density at radius 2 is 0.729 bits per heavy atom. The molecule has 0 radical (unpaired) electrons. The number of anilines is 3. The minimum atomic E-state index is -0.0376. The van der Waals surface area contributed by atoms with E-state index in [4.69, 9.17) is 51.4 Å². The van der Waals surface area contributed by atoms with Crippen LogP contribution in [0.15, 0.2) is 219 Å². The van der Waals surface area contributed by atoms with E-state index in [9.17, 15) is 14.4 Å². The standard InChI is InChI=1S/C27H29N7O2.C26H26N6O3.C25H24N6O2.3CH4/c1-32(2)15-6-9-23(35)33-16-14-20(17-33)34-27-24(26(28)29-18-30-27)25(31-34)19-10-12-22(13-11-19)36-21-7-4-3-5-8-21;1-34-15-5-8-22(33)31-14-13-19(16-31)32-26-23(25(27)28-17-29-26)24(30-32)18-9-11-21(12-10-18)35-20-6-3-2-4-7-20;1-2-6-21(32)30-14-13-18(15-30)31-25-22(24(26)27-16-28-25)23(29-31)17-9-11-20(12-10-17)33-19-7-4-3-5-8-19;;;/h3-13,18,20H,14-17H2,1-2H3,(H2,28,29,30);2-12,17,19H,13-16H2,1H3,(H2,27,28,29);2-12,16,18H,13-15H2,1H3,(H2,26,27,28);3*1H4/b9-6+;8-5+;6-2+;;;. The van der Waals surface area contributed by atoms with Crippen LogP contribution in [0.2, 0.25) is 0 Å². The van der Waals surface area contributed by atoms with Crippen LogP contribution in [0.3, 0.4) is 0 Å². The lowest BCUT2D eigenvalue weighted by Crippen LogP contribution is -2.28. The molecule has 6 N–H and O–H groups in total. The van der Waals surface area contributed by atoms with Gasteiger partial charge in [0.05, 0.1) is 40.9 Å². The van der Waals surface area contributed by atoms with Crippen LogP contribution in [0, 0.1) is 0 Å². The topological polar surface area (TPSA) is 310 Å². The fraction of sp³-hybridized carbons (Fsp3) is 0.259. The van der Waals surface area contributed by atoms with Gasteiger partial charge >= 0.3 is 0 Å². The maximum absolute atomic E-state index is 12.6. The molecule has 9 heterocycles. The number of likely N-dealkylation sites (N-methyl/N-ethyl adjacent to an activating group) is 1. The van der Waals surface area contributed by atoms with Crippen LogP contribution in [-0.2, 0) is 19.1 Å². The second-order valence-electron chi connectivity index (χ2n) is 25.3. The van der Waals surface area contributed by atoms with E-state index >= 15 is 0 Å². The van der Waals surface area contributed by atoms with Crippen molar-refractivity contribution in [2.24, 2.45) is 0 Å². The van der Waals surface area contributed by atoms with E-state index < -0.39 is 0 Å². The summed E-state index contributed by atoms with van der Waals surface area (Å²) in [4.78, 5) is 71.0. The van der Waals surface area contributed by atoms with Gasteiger partial charge in [0.2, 0.25) is 17.7 Å². The number of carbonyl (C=O) groups is 3. The molecule has 15 rings (SSSR count). The Balaban J connectivity index is 0.000000169. The van der Waals surface area contributed by atoms with Crippen LogP contribution in [0.25, 0.3) is 66.9 Å². The third-order valence-electron chi connectivity index (χ3n) is 17.9. The molecule has 107 heavy (non-hydrogen) atoms. The number of likely N-dealkylation sites (tertiary alicyclic amines) is 3. The van der Waals surface area contributed by atoms with Crippen molar-refractivity contribution in [3.63, 3.8) is 0 Å². The highest BCUT2D eigenvalue weighted by Gasteiger charge is 2.34. The van der Waals surface area contributed by atoms with Crippen LogP contribution < -0.4 is 31.4 Å². The molecule has 6 aromatic heterocycles. The summed E-state index contributed by atoms with van der Waals surface area (Å²) in [6.45, 7) is 6.64. The molecule has 26 nitrogen and oxygen atoms in total. The molecule has 3 saturated heterocycles. The van der Waals surface area contributed by atoms with E-state index in [2.05, 4.69) is 29.9 Å². The van der Waals surface area contributed by atoms with Gasteiger partial charge in [0.15, 0.2) is 16.9 Å². The zero-order valence-electron chi connectivity index (χ0n) is 58.0. The number of para-hydroxylation sites is 3. The highest BCUT2D eigenvalue weighted by Crippen LogP contribution is 2.39. The van der Waals surface area contributed by atoms with Crippen molar-refractivity contribution < 1.29 is 33.3 Å². The molecule has 3 amide bonds. The van der Waals surface area contributed by atoms with E-state index in [1.54, 1.807) is 37.5 Å². The molecule has 0 aliphatic carbocycles. The molecular formula is C81H91N19O7. The molecule has 0 spiro atoms. The Kier molecular flexibility index (Phi) is 25.7. The van der Waals surface area contributed by atoms with E-state index in [1.807, 2.05) is 225 Å². The largest absolute Gasteiger partial charge is 0.457 e. The molecule has 6 aromatic carbocycles. The second kappa shape index (κ2) is 35.7. The van der Waals surface area contributed by atoms with Gasteiger partial charge in [-0.25, -0.2) is 43.9 Å². The van der Waals surface area contributed by atoms with E-state index in [1.165, 1.54) is 19.0 Å². The first-order chi connectivity index (χ1) is 50.8. The zero-order chi connectivity index (χ0) is 72.1. The number of nitrogen functional groups attached to an aromatic ring is 3. The highest BCUT2D eigenvalue weighted by molar-refractivity contribution is 6.00. The minimum absolute atomic E-state index is 0. The van der Waals surface area contributed by atoms with Crippen LogP contribution in [-0.4, -0.2) is 170 Å². The van der Waals surface area contributed by atoms with Gasteiger partial charge in [0.25, 0.3) is 0 Å². The average molecular weight is 1440 g/mol. The molecule has 12 aromatic rings. The Morgan fingerprint density at radius 3 is 1.03 bits per heavy atom. The van der Waals surface area contributed by atoms with Gasteiger partial charge in [-0.15, -0.1) is 0 Å². The van der Waals surface area contributed by atoms with E-state index in [-0.39, 0.29) is 58.1 Å². The van der Waals surface area contributed by atoms with Crippen molar-refractivity contribution in [1.29, 1.82) is 0 Å². The maximum atomic E-state index is 12.6. The Labute approximate surface area is 622 Å². The monoisotopic (exact) mass is 1440 g/mol. The summed E-state index contributed by atoms with van der Waals surface area (Å²) in [6.07, 6.45) is 16.9. The molecule has 0 saturated carbocycles. The number of nitrogens with two attached hydrogens (primary N) is 3. The number of rotatable bonds is 19. The lowest BCUT2D eigenvalue weighted by molar-refractivity contribution is -0.125. The second-order valence-corrected chi connectivity index (χ2v) is 25.3. The molecule has 3 aliphatic rings. The van der Waals surface area contributed by atoms with E-state index in [0.29, 0.717) is 114 Å². The van der Waals surface area contributed by atoms with Gasteiger partial charge in [0, 0.05) is 81.8 Å². The van der Waals surface area contributed by atoms with Crippen LogP contribution in [0.5, 0.6) is 34.5 Å². The number of fused-ring (bicyclic) bond motifs is 3. The van der Waals surface area contributed by atoms with Crippen molar-refractivity contribution >= 4 is 68.3 Å². The number of ether oxygens (including phenoxy) is 4. The maximum Gasteiger partial charge on any atom is 0.246 e. The van der Waals surface area contributed by atoms with Gasteiger partial charge in [-0.1, -0.05) is 95.1 Å². The molecule has 0 bridgehead atoms. The number of carbonyl (C=O) groups excluding carboxylic acids is 3. The number of allylic oxidation sites excluding steroid dienone is 1. The fourth-order valence-corrected chi connectivity index (χ4v) is 12.8. The number of hydrogen-bond acceptors (Lipinski definition) is 20. The molecule has 26 heteroatoms. The van der Waals surface area contributed by atoms with Gasteiger partial charge in [-0.2, -0.15) is 15.3 Å². The normalized spacial score (nSPS) is 15.4. The lowest BCUT2D eigenvalue weighted by atomic mass is 10.1. The molecule has 3 unspecified atom stereocenters. The summed E-state index contributed by atoms with van der Waals surface area (Å²) < 4.78 is 28.4. The van der Waals surface area contributed by atoms with Crippen LogP contribution >= 0.6 is 0 Å². The lowest BCUT2D eigenvalue weighted by Gasteiger charge is -2.15. The van der Waals surface area contributed by atoms with Crippen LogP contribution in [0.4, 0.5) is 17.5 Å². The first kappa shape index (κ1) is 76.9. The number of hydrogen-bond donors (Lipinski definition) is 3. The highest BCUT2D eigenvalue weighted by atomic mass is 16.5. The minimum Gasteiger partial charge on any atom is -0.457 e. The van der Waals surface area contributed by atoms with Crippen molar-refractivity contribution in [3.8, 4) is 68.3 Å². The Bertz CT molecular complexity index is 5050. The van der Waals surface area contributed by atoms with Crippen molar-refractivity contribution in [3.05, 3.63) is 219 Å². The summed E-state index contributed by atoms with van der Waals surface area (Å²) in [5, 5.41) is 16.9. The van der Waals surface area contributed by atoms with Crippen molar-refractivity contribution in [1.82, 2.24) is 78.8 Å². The molecule has 3 fully saturated rings. The first-order valence-corrected chi connectivity index (χ1v) is 34.2. The van der Waals surface area contributed by atoms with Gasteiger partial charge in [-0.05, 0) is 156 Å². The molecular weight excluding hydrogens is 1350 g/mol. The summed E-state index contributed by atoms with van der Waals surface area (Å²) in [6, 6.07) is 52.0. The predicted molar refractivity (Wildman–Crippen MR) is 419 cm³/mol. The SMILES string of the molecule is C.C.C.C/C=C/C(=O)N1CCC(n2nc(-c3ccc(Oc4ccccc4)cc3)c3c(N)ncnc32)C1.CN(C)C/C=C/C(=O)N1CCC(n2nc(-c3ccc(Oc4ccccc4)cc3)c3c(N)ncnc32)C1.COC/C=C/C(=O)N1CCC(n2nc(-c3ccc(Oc4ccccc4)cc3)c3c(N)ncnc32)C1. The van der Waals surface area contributed by atoms with Gasteiger partial charge in [0.1, 0.15) is 88.0 Å². The number of methoxy groups -OCH3 is 1. The first-order valence-electron chi connectivity index (χ1n) is 34.2. The number of aromatic nitrogens is 12. The Morgan fingerprint density at radius 1 is 0.430 bits per heavy atom. The van der Waals surface area contributed by atoms with Gasteiger partial charge in [-0.3, -0.25) is 14.4 Å². The number of nitrogens with zero attached hydrogens (tertiary/aromatic N) is 16.